The average molecular weight is 525 g/mol. The minimum atomic E-state index is -1.24. The molecule has 0 atom stereocenters. The van der Waals surface area contributed by atoms with Crippen LogP contribution in [0.1, 0.15) is 13.8 Å². The first kappa shape index (κ1) is 27.1. The van der Waals surface area contributed by atoms with Crippen LogP contribution in [0.15, 0.2) is 54.7 Å². The van der Waals surface area contributed by atoms with Crippen LogP contribution in [0.25, 0.3) is 0 Å². The maximum Gasteiger partial charge on any atom is 0.417 e. The molecular weight excluding hydrogens is 491 g/mol. The van der Waals surface area contributed by atoms with Gasteiger partial charge in [-0.1, -0.05) is 12.1 Å². The Kier molecular flexibility index (Phi) is 8.93. The van der Waals surface area contributed by atoms with Crippen molar-refractivity contribution in [2.24, 2.45) is 0 Å². The van der Waals surface area contributed by atoms with E-state index in [1.54, 1.807) is 36.4 Å². The van der Waals surface area contributed by atoms with E-state index in [0.717, 1.165) is 37.6 Å². The van der Waals surface area contributed by atoms with Gasteiger partial charge in [0.25, 0.3) is 0 Å². The lowest BCUT2D eigenvalue weighted by atomic mass is 10.2. The van der Waals surface area contributed by atoms with Gasteiger partial charge in [0.2, 0.25) is 5.95 Å². The number of nitrogens with one attached hydrogen (secondary N) is 1. The molecule has 10 nitrogen and oxygen atoms in total. The topological polar surface area (TPSA) is 103 Å². The van der Waals surface area contributed by atoms with Crippen LogP contribution in [0.5, 0.6) is 11.5 Å². The molecule has 1 amide bonds. The number of rotatable bonds is 10. The second kappa shape index (κ2) is 12.5. The number of piperazine rings is 1. The number of carbonyl (C=O) groups is 1. The normalized spacial score (nSPS) is 14.3. The van der Waals surface area contributed by atoms with Crippen molar-refractivity contribution >= 4 is 29.2 Å². The molecule has 2 N–H and O–H groups in total. The van der Waals surface area contributed by atoms with Crippen molar-refractivity contribution in [2.45, 2.75) is 19.9 Å². The number of anilines is 4. The molecule has 1 aliphatic rings. The van der Waals surface area contributed by atoms with Crippen LogP contribution in [0, 0.1) is 5.82 Å². The number of benzene rings is 2. The Morgan fingerprint density at radius 1 is 1.13 bits per heavy atom. The summed E-state index contributed by atoms with van der Waals surface area (Å²) in [6.45, 7) is 9.54. The van der Waals surface area contributed by atoms with E-state index in [4.69, 9.17) is 9.47 Å². The van der Waals surface area contributed by atoms with Gasteiger partial charge in [0, 0.05) is 62.8 Å². The molecule has 1 aliphatic heterocycles. The standard InChI is InChI=1S/C27H33FN6O4/c1-19(2)33-14-12-32(13-15-33)16-17-38-23-9-8-20(18-21(23)28)30-26-29-11-10-25(31-26)34(27(35)36)22-6-4-5-7-24(22)37-3/h4-11,18-19H,12-17H2,1-3H3,(H,35,36)(H,29,30,31). The van der Waals surface area contributed by atoms with Crippen molar-refractivity contribution in [3.05, 3.63) is 60.5 Å². The van der Waals surface area contributed by atoms with Crippen LogP contribution in [0.2, 0.25) is 0 Å². The first-order valence-electron chi connectivity index (χ1n) is 12.5. The second-order valence-electron chi connectivity index (χ2n) is 9.12. The molecule has 0 unspecified atom stereocenters. The summed E-state index contributed by atoms with van der Waals surface area (Å²) in [6.07, 6.45) is 0.179. The number of para-hydroxylation sites is 2. The Bertz CT molecular complexity index is 1240. The van der Waals surface area contributed by atoms with Crippen LogP contribution < -0.4 is 19.7 Å². The fraction of sp³-hybridized carbons (Fsp3) is 0.370. The molecular formula is C27H33FN6O4. The first-order chi connectivity index (χ1) is 18.4. The Balaban J connectivity index is 1.38. The zero-order chi connectivity index (χ0) is 27.1. The smallest absolute Gasteiger partial charge is 0.417 e. The van der Waals surface area contributed by atoms with Crippen LogP contribution >= 0.6 is 0 Å². The van der Waals surface area contributed by atoms with Gasteiger partial charge in [0.05, 0.1) is 12.8 Å². The molecule has 0 bridgehead atoms. The SMILES string of the molecule is COc1ccccc1N(C(=O)O)c1ccnc(Nc2ccc(OCCN3CCN(C(C)C)CC3)c(F)c2)n1. The molecule has 38 heavy (non-hydrogen) atoms. The van der Waals surface area contributed by atoms with Crippen molar-refractivity contribution in [3.8, 4) is 11.5 Å². The van der Waals surface area contributed by atoms with Gasteiger partial charge in [-0.3, -0.25) is 9.80 Å². The quantitative estimate of drug-likeness (QED) is 0.394. The second-order valence-corrected chi connectivity index (χ2v) is 9.12. The maximum absolute atomic E-state index is 14.8. The van der Waals surface area contributed by atoms with Gasteiger partial charge in [0.15, 0.2) is 11.6 Å². The van der Waals surface area contributed by atoms with Crippen LogP contribution in [0.4, 0.5) is 32.3 Å². The van der Waals surface area contributed by atoms with Crippen molar-refractivity contribution in [1.82, 2.24) is 19.8 Å². The van der Waals surface area contributed by atoms with E-state index in [0.29, 0.717) is 29.8 Å². The third-order valence-electron chi connectivity index (χ3n) is 6.38. The highest BCUT2D eigenvalue weighted by Gasteiger charge is 2.22. The summed E-state index contributed by atoms with van der Waals surface area (Å²) in [5.41, 5.74) is 0.706. The Morgan fingerprint density at radius 3 is 2.58 bits per heavy atom. The summed E-state index contributed by atoms with van der Waals surface area (Å²) in [5.74, 6) is 0.237. The van der Waals surface area contributed by atoms with E-state index >= 15 is 0 Å². The molecule has 0 radical (unpaired) electrons. The highest BCUT2D eigenvalue weighted by Crippen LogP contribution is 2.33. The van der Waals surface area contributed by atoms with Gasteiger partial charge in [0.1, 0.15) is 18.2 Å². The van der Waals surface area contributed by atoms with Gasteiger partial charge in [-0.25, -0.2) is 19.1 Å². The fourth-order valence-corrected chi connectivity index (χ4v) is 4.29. The van der Waals surface area contributed by atoms with Crippen molar-refractivity contribution < 1.29 is 23.8 Å². The Hall–Kier alpha value is -3.96. The predicted octanol–water partition coefficient (Wildman–Crippen LogP) is 4.59. The summed E-state index contributed by atoms with van der Waals surface area (Å²) in [4.78, 5) is 26.3. The largest absolute Gasteiger partial charge is 0.495 e. The van der Waals surface area contributed by atoms with Gasteiger partial charge in [-0.05, 0) is 38.1 Å². The predicted molar refractivity (Wildman–Crippen MR) is 144 cm³/mol. The van der Waals surface area contributed by atoms with E-state index in [1.807, 2.05) is 0 Å². The zero-order valence-corrected chi connectivity index (χ0v) is 21.8. The lowest BCUT2D eigenvalue weighted by Gasteiger charge is -2.36. The summed E-state index contributed by atoms with van der Waals surface area (Å²) < 4.78 is 25.7. The molecule has 11 heteroatoms. The Morgan fingerprint density at radius 2 is 1.89 bits per heavy atom. The molecule has 2 heterocycles. The lowest BCUT2D eigenvalue weighted by molar-refractivity contribution is 0.0965. The highest BCUT2D eigenvalue weighted by molar-refractivity contribution is 5.95. The summed E-state index contributed by atoms with van der Waals surface area (Å²) >= 11 is 0. The molecule has 1 saturated heterocycles. The molecule has 1 fully saturated rings. The van der Waals surface area contributed by atoms with E-state index in [-0.39, 0.29) is 17.5 Å². The number of hydrogen-bond donors (Lipinski definition) is 2. The van der Waals surface area contributed by atoms with Gasteiger partial charge in [-0.15, -0.1) is 0 Å². The number of methoxy groups -OCH3 is 1. The zero-order valence-electron chi connectivity index (χ0n) is 21.8. The van der Waals surface area contributed by atoms with Crippen LogP contribution in [0.3, 0.4) is 0 Å². The first-order valence-corrected chi connectivity index (χ1v) is 12.5. The van der Waals surface area contributed by atoms with E-state index < -0.39 is 11.9 Å². The lowest BCUT2D eigenvalue weighted by Crippen LogP contribution is -2.49. The molecule has 3 aromatic rings. The van der Waals surface area contributed by atoms with Crippen molar-refractivity contribution in [2.75, 3.05) is 56.7 Å². The minimum absolute atomic E-state index is 0.106. The van der Waals surface area contributed by atoms with Gasteiger partial charge in [-0.2, -0.15) is 4.98 Å². The number of carboxylic acid groups (broad SMARTS) is 1. The summed E-state index contributed by atoms with van der Waals surface area (Å²) in [7, 11) is 1.46. The maximum atomic E-state index is 14.8. The minimum Gasteiger partial charge on any atom is -0.495 e. The molecule has 0 saturated carbocycles. The highest BCUT2D eigenvalue weighted by atomic mass is 19.1. The molecule has 0 spiro atoms. The fourth-order valence-electron chi connectivity index (χ4n) is 4.29. The number of nitrogens with zero attached hydrogens (tertiary/aromatic N) is 5. The molecule has 4 rings (SSSR count). The van der Waals surface area contributed by atoms with Crippen LogP contribution in [-0.2, 0) is 0 Å². The summed E-state index contributed by atoms with van der Waals surface area (Å²) in [6, 6.07) is 13.2. The van der Waals surface area contributed by atoms with E-state index in [9.17, 15) is 14.3 Å². The monoisotopic (exact) mass is 524 g/mol. The third-order valence-corrected chi connectivity index (χ3v) is 6.38. The van der Waals surface area contributed by atoms with Crippen LogP contribution in [-0.4, -0.2) is 83.4 Å². The van der Waals surface area contributed by atoms with Gasteiger partial charge < -0.3 is 19.9 Å². The number of hydrogen-bond acceptors (Lipinski definition) is 8. The number of ether oxygens (including phenoxy) is 2. The van der Waals surface area contributed by atoms with E-state index in [2.05, 4.69) is 38.9 Å². The van der Waals surface area contributed by atoms with Crippen molar-refractivity contribution in [1.29, 1.82) is 0 Å². The number of halogens is 1. The number of amides is 1. The molecule has 0 aliphatic carbocycles. The van der Waals surface area contributed by atoms with E-state index in [1.165, 1.54) is 25.4 Å². The Labute approximate surface area is 221 Å². The summed E-state index contributed by atoms with van der Waals surface area (Å²) in [5, 5.41) is 12.8. The van der Waals surface area contributed by atoms with Crippen molar-refractivity contribution in [3.63, 3.8) is 0 Å². The molecule has 1 aromatic heterocycles. The van der Waals surface area contributed by atoms with Gasteiger partial charge >= 0.3 is 6.09 Å². The number of aromatic nitrogens is 2. The average Bonchev–Trinajstić information content (AvgIpc) is 2.91. The third kappa shape index (κ3) is 6.67. The molecule has 2 aromatic carbocycles. The molecule has 202 valence electrons.